The Labute approximate surface area is 140 Å². The van der Waals surface area contributed by atoms with E-state index in [2.05, 4.69) is 4.99 Å². The van der Waals surface area contributed by atoms with Crippen LogP contribution in [0, 0.1) is 5.82 Å². The van der Waals surface area contributed by atoms with Crippen molar-refractivity contribution in [1.29, 1.82) is 0 Å². The average molecular weight is 360 g/mol. The highest BCUT2D eigenvalue weighted by atomic mass is 35.5. The molecule has 2 aromatic rings. The first kappa shape index (κ1) is 16.2. The Kier molecular flexibility index (Phi) is 4.31. The van der Waals surface area contributed by atoms with Crippen LogP contribution in [0.25, 0.3) is 0 Å². The number of aromatic nitrogens is 2. The van der Waals surface area contributed by atoms with Gasteiger partial charge in [-0.2, -0.15) is 0 Å². The summed E-state index contributed by atoms with van der Waals surface area (Å²) in [6, 6.07) is 2.54. The van der Waals surface area contributed by atoms with Crippen molar-refractivity contribution in [2.45, 2.75) is 39.1 Å². The predicted octanol–water partition coefficient (Wildman–Crippen LogP) is 1.90. The lowest BCUT2D eigenvalue weighted by molar-refractivity contribution is 0.170. The zero-order valence-corrected chi connectivity index (χ0v) is 14.1. The molecule has 0 bridgehead atoms. The molecule has 1 unspecified atom stereocenters. The van der Waals surface area contributed by atoms with Gasteiger partial charge in [-0.05, 0) is 31.3 Å². The van der Waals surface area contributed by atoms with Gasteiger partial charge in [0, 0.05) is 6.07 Å². The number of fused-ring (bicyclic) bond motifs is 1. The summed E-state index contributed by atoms with van der Waals surface area (Å²) < 4.78 is 22.6. The quantitative estimate of drug-likeness (QED) is 0.910. The number of nitrogens with zero attached hydrogens (tertiary/aromatic N) is 3. The number of aliphatic hydroxyl groups is 1. The lowest BCUT2D eigenvalue weighted by atomic mass is 10.3. The maximum Gasteiger partial charge on any atom is 0.325 e. The number of rotatable bonds is 3. The fourth-order valence-corrected chi connectivity index (χ4v) is 3.38. The first-order valence-corrected chi connectivity index (χ1v) is 8.24. The van der Waals surface area contributed by atoms with Crippen molar-refractivity contribution < 1.29 is 14.2 Å². The summed E-state index contributed by atoms with van der Waals surface area (Å²) in [5, 5.41) is 9.82. The standard InChI is InChI=1S/C14H15ClFN3O3S/c1-7(2)22-12-4-11(10(16)3-9(12)15)17-13-18-5-8(20)6-19(18)14(21)23-13/h3-4,7-8,20H,5-6H2,1-2H3. The molecule has 9 heteroatoms. The molecule has 0 saturated heterocycles. The maximum atomic E-state index is 14.1. The van der Waals surface area contributed by atoms with E-state index in [0.717, 1.165) is 17.4 Å². The van der Waals surface area contributed by atoms with Gasteiger partial charge in [-0.15, -0.1) is 0 Å². The third-order valence-corrected chi connectivity index (χ3v) is 4.41. The van der Waals surface area contributed by atoms with Gasteiger partial charge >= 0.3 is 4.87 Å². The van der Waals surface area contributed by atoms with Gasteiger partial charge in [0.2, 0.25) is 4.80 Å². The van der Waals surface area contributed by atoms with Crippen LogP contribution in [0.5, 0.6) is 5.75 Å². The van der Waals surface area contributed by atoms with Crippen LogP contribution >= 0.6 is 22.9 Å². The maximum absolute atomic E-state index is 14.1. The van der Waals surface area contributed by atoms with Crippen LogP contribution in [0.3, 0.4) is 0 Å². The van der Waals surface area contributed by atoms with Gasteiger partial charge in [0.05, 0.1) is 30.3 Å². The Balaban J connectivity index is 2.10. The second kappa shape index (κ2) is 6.10. The van der Waals surface area contributed by atoms with Crippen molar-refractivity contribution >= 4 is 28.6 Å². The highest BCUT2D eigenvalue weighted by molar-refractivity contribution is 7.06. The summed E-state index contributed by atoms with van der Waals surface area (Å²) in [7, 11) is 0. The number of ether oxygens (including phenoxy) is 1. The van der Waals surface area contributed by atoms with E-state index < -0.39 is 11.9 Å². The molecule has 3 rings (SSSR count). The fourth-order valence-electron chi connectivity index (χ4n) is 2.32. The number of benzene rings is 1. The molecule has 2 heterocycles. The van der Waals surface area contributed by atoms with Crippen molar-refractivity contribution in [2.24, 2.45) is 4.99 Å². The van der Waals surface area contributed by atoms with Crippen molar-refractivity contribution in [3.05, 3.63) is 37.4 Å². The first-order valence-electron chi connectivity index (χ1n) is 7.04. The van der Waals surface area contributed by atoms with Gasteiger partial charge in [0.25, 0.3) is 0 Å². The minimum absolute atomic E-state index is 0.0311. The van der Waals surface area contributed by atoms with Gasteiger partial charge in [0.15, 0.2) is 5.82 Å². The summed E-state index contributed by atoms with van der Waals surface area (Å²) >= 11 is 6.87. The number of hydrogen-bond acceptors (Lipinski definition) is 5. The number of halogens is 2. The van der Waals surface area contributed by atoms with Gasteiger partial charge in [-0.3, -0.25) is 9.48 Å². The molecule has 1 aromatic heterocycles. The number of aliphatic hydroxyl groups excluding tert-OH is 1. The minimum atomic E-state index is -0.639. The molecule has 0 radical (unpaired) electrons. The van der Waals surface area contributed by atoms with Crippen LogP contribution in [0.15, 0.2) is 21.9 Å². The van der Waals surface area contributed by atoms with E-state index in [0.29, 0.717) is 10.6 Å². The first-order chi connectivity index (χ1) is 10.8. The third-order valence-electron chi connectivity index (χ3n) is 3.25. The van der Waals surface area contributed by atoms with Gasteiger partial charge in [0.1, 0.15) is 11.4 Å². The average Bonchev–Trinajstić information content (AvgIpc) is 2.95. The monoisotopic (exact) mass is 359 g/mol. The van der Waals surface area contributed by atoms with E-state index in [1.54, 1.807) is 4.68 Å². The highest BCUT2D eigenvalue weighted by Crippen LogP contribution is 2.32. The lowest BCUT2D eigenvalue weighted by Gasteiger charge is -2.12. The van der Waals surface area contributed by atoms with Crippen LogP contribution < -0.4 is 14.4 Å². The molecular weight excluding hydrogens is 345 g/mol. The molecule has 6 nitrogen and oxygen atoms in total. The van der Waals surface area contributed by atoms with Gasteiger partial charge < -0.3 is 9.84 Å². The van der Waals surface area contributed by atoms with E-state index in [1.165, 1.54) is 10.7 Å². The summed E-state index contributed by atoms with van der Waals surface area (Å²) in [5.41, 5.74) is 0.0311. The zero-order chi connectivity index (χ0) is 16.7. The highest BCUT2D eigenvalue weighted by Gasteiger charge is 2.22. The second-order valence-corrected chi connectivity index (χ2v) is 6.81. The van der Waals surface area contributed by atoms with Crippen LogP contribution in [0.2, 0.25) is 5.02 Å². The van der Waals surface area contributed by atoms with Crippen LogP contribution in [0.1, 0.15) is 13.8 Å². The minimum Gasteiger partial charge on any atom is -0.489 e. The Hall–Kier alpha value is -1.64. The Bertz CT molecular complexity index is 871. The van der Waals surface area contributed by atoms with Crippen LogP contribution in [0.4, 0.5) is 10.1 Å². The molecule has 124 valence electrons. The molecular formula is C14H15ClFN3O3S. The summed E-state index contributed by atoms with van der Waals surface area (Å²) in [5.74, 6) is -0.278. The normalized spacial score (nSPS) is 17.8. The molecule has 1 atom stereocenters. The lowest BCUT2D eigenvalue weighted by Crippen LogP contribution is -2.20. The van der Waals surface area contributed by atoms with E-state index in [4.69, 9.17) is 16.3 Å². The van der Waals surface area contributed by atoms with E-state index in [1.807, 2.05) is 13.8 Å². The zero-order valence-electron chi connectivity index (χ0n) is 12.5. The van der Waals surface area contributed by atoms with E-state index in [-0.39, 0.29) is 34.8 Å². The summed E-state index contributed by atoms with van der Waals surface area (Å²) in [6.45, 7) is 4.14. The SMILES string of the molecule is CC(C)Oc1cc(N=c2sc(=O)n3n2CC(O)C3)c(F)cc1Cl. The van der Waals surface area contributed by atoms with E-state index >= 15 is 0 Å². The molecule has 0 amide bonds. The molecule has 1 N–H and O–H groups in total. The second-order valence-electron chi connectivity index (χ2n) is 5.48. The molecule has 1 aromatic carbocycles. The molecule has 0 spiro atoms. The van der Waals surface area contributed by atoms with E-state index in [9.17, 15) is 14.3 Å². The summed E-state index contributed by atoms with van der Waals surface area (Å²) in [6.07, 6.45) is -0.759. The van der Waals surface area contributed by atoms with Gasteiger partial charge in [-0.1, -0.05) is 11.6 Å². The van der Waals surface area contributed by atoms with Crippen molar-refractivity contribution in [2.75, 3.05) is 0 Å². The predicted molar refractivity (Wildman–Crippen MR) is 85.0 cm³/mol. The third kappa shape index (κ3) is 3.19. The van der Waals surface area contributed by atoms with Crippen molar-refractivity contribution in [3.63, 3.8) is 0 Å². The Morgan fingerprint density at radius 1 is 1.43 bits per heavy atom. The Morgan fingerprint density at radius 3 is 2.83 bits per heavy atom. The van der Waals surface area contributed by atoms with Crippen molar-refractivity contribution in [1.82, 2.24) is 9.36 Å². The fraction of sp³-hybridized carbons (Fsp3) is 0.429. The van der Waals surface area contributed by atoms with Crippen molar-refractivity contribution in [3.8, 4) is 5.75 Å². The molecule has 0 fully saturated rings. The molecule has 23 heavy (non-hydrogen) atoms. The smallest absolute Gasteiger partial charge is 0.325 e. The molecule has 1 aliphatic heterocycles. The van der Waals surface area contributed by atoms with Crippen LogP contribution in [-0.2, 0) is 13.1 Å². The Morgan fingerprint density at radius 2 is 2.13 bits per heavy atom. The van der Waals surface area contributed by atoms with Gasteiger partial charge in [-0.25, -0.2) is 14.1 Å². The molecule has 0 aliphatic carbocycles. The summed E-state index contributed by atoms with van der Waals surface area (Å²) in [4.78, 5) is 16.2. The number of hydrogen-bond donors (Lipinski definition) is 1. The largest absolute Gasteiger partial charge is 0.489 e. The molecule has 0 saturated carbocycles. The topological polar surface area (TPSA) is 68.8 Å². The van der Waals surface area contributed by atoms with Crippen LogP contribution in [-0.4, -0.2) is 26.7 Å². The molecule has 1 aliphatic rings.